The van der Waals surface area contributed by atoms with Crippen LogP contribution in [0.3, 0.4) is 0 Å². The number of fused-ring (bicyclic) bond motifs is 1. The minimum atomic E-state index is -4.73. The lowest BCUT2D eigenvalue weighted by molar-refractivity contribution is -0.136. The van der Waals surface area contributed by atoms with Crippen molar-refractivity contribution in [1.82, 2.24) is 10.3 Å². The Morgan fingerprint density at radius 1 is 1.17 bits per heavy atom. The first-order valence-electron chi connectivity index (χ1n) is 8.44. The molecule has 1 aromatic carbocycles. The number of thiophene rings is 1. The minimum absolute atomic E-state index is 0.161. The molecule has 0 fully saturated rings. The lowest BCUT2D eigenvalue weighted by atomic mass is 10.0. The number of hydrogen-bond acceptors (Lipinski definition) is 4. The third-order valence-electron chi connectivity index (χ3n) is 4.35. The second kappa shape index (κ2) is 7.25. The van der Waals surface area contributed by atoms with Crippen molar-refractivity contribution in [3.63, 3.8) is 0 Å². The fraction of sp³-hybridized carbons (Fsp3) is 0.100. The number of rotatable bonds is 4. The highest BCUT2D eigenvalue weighted by molar-refractivity contribution is 7.09. The van der Waals surface area contributed by atoms with Crippen molar-refractivity contribution in [3.8, 4) is 11.1 Å². The van der Waals surface area contributed by atoms with Gasteiger partial charge >= 0.3 is 6.18 Å². The minimum Gasteiger partial charge on any atom is -0.472 e. The number of H-pyrrole nitrogens is 1. The second-order valence-electron chi connectivity index (χ2n) is 6.27. The van der Waals surface area contributed by atoms with Crippen molar-refractivity contribution in [3.05, 3.63) is 80.7 Å². The van der Waals surface area contributed by atoms with Crippen LogP contribution in [-0.4, -0.2) is 10.9 Å². The molecule has 29 heavy (non-hydrogen) atoms. The Morgan fingerprint density at radius 3 is 2.66 bits per heavy atom. The standard InChI is InChI=1S/C20H13F3N2O3S/c21-20(22,23)15-7-12(11-3-4-28-10-11)6-14-17(26)8-16(25-18(14)15)19(27)24-9-13-2-1-5-29-13/h1-8,10H,9H2,(H,24,27)(H,25,26). The number of aromatic nitrogens is 1. The van der Waals surface area contributed by atoms with Gasteiger partial charge in [-0.2, -0.15) is 13.2 Å². The average molecular weight is 418 g/mol. The summed E-state index contributed by atoms with van der Waals surface area (Å²) in [6.07, 6.45) is -2.10. The number of hydrogen-bond donors (Lipinski definition) is 2. The number of amides is 1. The molecular formula is C20H13F3N2O3S. The number of furan rings is 1. The number of nitrogens with one attached hydrogen (secondary N) is 2. The van der Waals surface area contributed by atoms with E-state index in [1.807, 2.05) is 17.5 Å². The maximum atomic E-state index is 13.7. The van der Waals surface area contributed by atoms with Gasteiger partial charge in [-0.25, -0.2) is 0 Å². The van der Waals surface area contributed by atoms with Crippen LogP contribution in [0.15, 0.2) is 63.5 Å². The number of pyridine rings is 1. The molecule has 0 spiro atoms. The molecule has 0 aliphatic rings. The Bertz CT molecular complexity index is 1230. The molecule has 3 heterocycles. The topological polar surface area (TPSA) is 75.1 Å². The van der Waals surface area contributed by atoms with Gasteiger partial charge < -0.3 is 14.7 Å². The lowest BCUT2D eigenvalue weighted by Crippen LogP contribution is -2.25. The van der Waals surface area contributed by atoms with Gasteiger partial charge in [-0.1, -0.05) is 6.07 Å². The zero-order chi connectivity index (χ0) is 20.6. The van der Waals surface area contributed by atoms with Gasteiger partial charge in [0, 0.05) is 21.9 Å². The third-order valence-corrected chi connectivity index (χ3v) is 5.22. The van der Waals surface area contributed by atoms with Gasteiger partial charge in [0.25, 0.3) is 5.91 Å². The molecular weight excluding hydrogens is 405 g/mol. The molecule has 4 rings (SSSR count). The molecule has 0 bridgehead atoms. The van der Waals surface area contributed by atoms with Gasteiger partial charge in [0.15, 0.2) is 5.43 Å². The van der Waals surface area contributed by atoms with Gasteiger partial charge in [-0.15, -0.1) is 11.3 Å². The number of carbonyl (C=O) groups excluding carboxylic acids is 1. The summed E-state index contributed by atoms with van der Waals surface area (Å²) in [6.45, 7) is 0.210. The summed E-state index contributed by atoms with van der Waals surface area (Å²) in [6, 6.07) is 8.41. The van der Waals surface area contributed by atoms with Crippen molar-refractivity contribution in [1.29, 1.82) is 0 Å². The molecule has 2 N–H and O–H groups in total. The van der Waals surface area contributed by atoms with Crippen molar-refractivity contribution in [2.75, 3.05) is 0 Å². The second-order valence-corrected chi connectivity index (χ2v) is 7.30. The zero-order valence-corrected chi connectivity index (χ0v) is 15.5. The van der Waals surface area contributed by atoms with E-state index in [0.717, 1.165) is 17.0 Å². The molecule has 9 heteroatoms. The van der Waals surface area contributed by atoms with Crippen LogP contribution >= 0.6 is 11.3 Å². The number of benzene rings is 1. The molecule has 0 saturated heterocycles. The quantitative estimate of drug-likeness (QED) is 0.500. The summed E-state index contributed by atoms with van der Waals surface area (Å²) in [5, 5.41) is 4.27. The molecule has 1 amide bonds. The fourth-order valence-electron chi connectivity index (χ4n) is 2.97. The zero-order valence-electron chi connectivity index (χ0n) is 14.7. The van der Waals surface area contributed by atoms with E-state index in [-0.39, 0.29) is 23.2 Å². The van der Waals surface area contributed by atoms with Crippen LogP contribution in [0.2, 0.25) is 0 Å². The third kappa shape index (κ3) is 3.81. The maximum absolute atomic E-state index is 13.7. The maximum Gasteiger partial charge on any atom is 0.418 e. The summed E-state index contributed by atoms with van der Waals surface area (Å²) in [7, 11) is 0. The van der Waals surface area contributed by atoms with Crippen molar-refractivity contribution in [2.45, 2.75) is 12.7 Å². The van der Waals surface area contributed by atoms with Gasteiger partial charge in [0.1, 0.15) is 5.69 Å². The Morgan fingerprint density at radius 2 is 2.00 bits per heavy atom. The molecule has 148 valence electrons. The summed E-state index contributed by atoms with van der Waals surface area (Å²) in [5.74, 6) is -0.663. The molecule has 4 aromatic rings. The van der Waals surface area contributed by atoms with Crippen molar-refractivity contribution in [2.24, 2.45) is 0 Å². The summed E-state index contributed by atoms with van der Waals surface area (Å²) in [4.78, 5) is 28.3. The lowest BCUT2D eigenvalue weighted by Gasteiger charge is -2.13. The van der Waals surface area contributed by atoms with E-state index in [2.05, 4.69) is 10.3 Å². The highest BCUT2D eigenvalue weighted by atomic mass is 32.1. The normalized spacial score (nSPS) is 11.7. The van der Waals surface area contributed by atoms with Gasteiger partial charge in [0.05, 0.1) is 30.2 Å². The average Bonchev–Trinajstić information content (AvgIpc) is 3.38. The van der Waals surface area contributed by atoms with Crippen LogP contribution in [0.5, 0.6) is 0 Å². The summed E-state index contributed by atoms with van der Waals surface area (Å²) >= 11 is 1.43. The highest BCUT2D eigenvalue weighted by Crippen LogP contribution is 2.36. The first-order valence-corrected chi connectivity index (χ1v) is 9.32. The molecule has 5 nitrogen and oxygen atoms in total. The molecule has 0 unspecified atom stereocenters. The van der Waals surface area contributed by atoms with E-state index in [0.29, 0.717) is 5.56 Å². The van der Waals surface area contributed by atoms with Crippen LogP contribution in [0.25, 0.3) is 22.0 Å². The van der Waals surface area contributed by atoms with Gasteiger partial charge in [-0.3, -0.25) is 9.59 Å². The molecule has 0 aliphatic heterocycles. The predicted octanol–water partition coefficient (Wildman–Crippen LogP) is 4.80. The van der Waals surface area contributed by atoms with Crippen LogP contribution in [0.4, 0.5) is 13.2 Å². The number of halogens is 3. The Kier molecular flexibility index (Phi) is 4.75. The first-order chi connectivity index (χ1) is 13.8. The SMILES string of the molecule is O=C(NCc1cccs1)c1cc(=O)c2cc(-c3ccoc3)cc(C(F)(F)F)c2[nH]1. The summed E-state index contributed by atoms with van der Waals surface area (Å²) in [5.41, 5.74) is -1.78. The van der Waals surface area contributed by atoms with Crippen molar-refractivity contribution >= 4 is 28.1 Å². The molecule has 0 saturated carbocycles. The van der Waals surface area contributed by atoms with E-state index < -0.39 is 28.6 Å². The van der Waals surface area contributed by atoms with Crippen molar-refractivity contribution < 1.29 is 22.4 Å². The van der Waals surface area contributed by atoms with E-state index >= 15 is 0 Å². The largest absolute Gasteiger partial charge is 0.472 e. The predicted molar refractivity (Wildman–Crippen MR) is 103 cm³/mol. The smallest absolute Gasteiger partial charge is 0.418 e. The first kappa shape index (κ1) is 19.0. The highest BCUT2D eigenvalue weighted by Gasteiger charge is 2.34. The Balaban J connectivity index is 1.81. The van der Waals surface area contributed by atoms with Crippen LogP contribution < -0.4 is 10.7 Å². The number of alkyl halides is 3. The molecule has 3 aromatic heterocycles. The molecule has 0 atom stereocenters. The van der Waals surface area contributed by atoms with Crippen LogP contribution in [0, 0.1) is 0 Å². The van der Waals surface area contributed by atoms with E-state index in [9.17, 15) is 22.8 Å². The van der Waals surface area contributed by atoms with Crippen LogP contribution in [-0.2, 0) is 12.7 Å². The van der Waals surface area contributed by atoms with Gasteiger partial charge in [-0.05, 0) is 35.2 Å². The number of aromatic amines is 1. The van der Waals surface area contributed by atoms with Gasteiger partial charge in [0.2, 0.25) is 0 Å². The fourth-order valence-corrected chi connectivity index (χ4v) is 3.61. The van der Waals surface area contributed by atoms with Crippen LogP contribution in [0.1, 0.15) is 20.9 Å². The Labute approximate surface area is 165 Å². The Hall–Kier alpha value is -3.33. The molecule has 0 radical (unpaired) electrons. The number of carbonyl (C=O) groups is 1. The van der Waals surface area contributed by atoms with E-state index in [1.54, 1.807) is 0 Å². The monoisotopic (exact) mass is 418 g/mol. The van der Waals surface area contributed by atoms with E-state index in [4.69, 9.17) is 4.42 Å². The summed E-state index contributed by atoms with van der Waals surface area (Å²) < 4.78 is 46.0. The van der Waals surface area contributed by atoms with E-state index in [1.165, 1.54) is 36.0 Å². The molecule has 0 aliphatic carbocycles.